The van der Waals surface area contributed by atoms with Crippen molar-refractivity contribution in [3.05, 3.63) is 47.0 Å². The summed E-state index contributed by atoms with van der Waals surface area (Å²) >= 11 is 0. The number of aliphatic hydroxyl groups is 10. The summed E-state index contributed by atoms with van der Waals surface area (Å²) in [5, 5.41) is 107. The Balaban J connectivity index is 1.29. The van der Waals surface area contributed by atoms with Crippen molar-refractivity contribution in [2.45, 2.75) is 158 Å². The molecule has 0 amide bonds. The second-order valence-corrected chi connectivity index (χ2v) is 15.8. The first-order valence-electron chi connectivity index (χ1n) is 19.6. The second-order valence-electron chi connectivity index (χ2n) is 15.8. The maximum absolute atomic E-state index is 11.8. The van der Waals surface area contributed by atoms with Gasteiger partial charge in [0.25, 0.3) is 0 Å². The minimum atomic E-state index is -1.94. The van der Waals surface area contributed by atoms with Crippen LogP contribution in [0.3, 0.4) is 0 Å². The van der Waals surface area contributed by atoms with Gasteiger partial charge in [-0.3, -0.25) is 0 Å². The topological polar surface area (TPSA) is 267 Å². The van der Waals surface area contributed by atoms with E-state index < -0.39 is 118 Å². The quantitative estimate of drug-likeness (QED) is 0.105. The van der Waals surface area contributed by atoms with Gasteiger partial charge in [-0.15, -0.1) is 0 Å². The van der Waals surface area contributed by atoms with Crippen LogP contribution in [0.4, 0.5) is 0 Å². The summed E-state index contributed by atoms with van der Waals surface area (Å²) in [6, 6.07) is 9.82. The first-order chi connectivity index (χ1) is 27.1. The van der Waals surface area contributed by atoms with Crippen LogP contribution in [0.15, 0.2) is 30.3 Å². The molecule has 17 nitrogen and oxygen atoms in total. The maximum atomic E-state index is 11.8. The van der Waals surface area contributed by atoms with E-state index in [1.807, 2.05) is 51.1 Å². The summed E-state index contributed by atoms with van der Waals surface area (Å²) in [7, 11) is 0. The predicted molar refractivity (Wildman–Crippen MR) is 198 cm³/mol. The average Bonchev–Trinajstić information content (AvgIpc) is 3.17. The summed E-state index contributed by atoms with van der Waals surface area (Å²) in [6.07, 6.45) is -21.6. The van der Waals surface area contributed by atoms with Gasteiger partial charge in [-0.05, 0) is 63.3 Å². The van der Waals surface area contributed by atoms with E-state index in [2.05, 4.69) is 6.92 Å². The van der Waals surface area contributed by atoms with Crippen LogP contribution in [0.1, 0.15) is 63.1 Å². The first kappa shape index (κ1) is 44.0. The van der Waals surface area contributed by atoms with Gasteiger partial charge in [0.2, 0.25) is 6.29 Å². The molecule has 57 heavy (non-hydrogen) atoms. The molecule has 0 saturated carbocycles. The fraction of sp³-hybridized carbons (Fsp3) is 0.700. The van der Waals surface area contributed by atoms with Crippen LogP contribution in [0.5, 0.6) is 11.5 Å². The molecule has 17 heteroatoms. The zero-order valence-corrected chi connectivity index (χ0v) is 32.5. The van der Waals surface area contributed by atoms with E-state index in [9.17, 15) is 51.1 Å². The third-order valence-corrected chi connectivity index (χ3v) is 11.2. The fourth-order valence-corrected chi connectivity index (χ4v) is 7.99. The number of ether oxygens (including phenoxy) is 7. The number of hydrogen-bond acceptors (Lipinski definition) is 17. The van der Waals surface area contributed by atoms with E-state index in [1.165, 1.54) is 0 Å². The number of unbranched alkanes of at least 4 members (excludes halogenated alkanes) is 2. The molecule has 10 N–H and O–H groups in total. The highest BCUT2D eigenvalue weighted by Crippen LogP contribution is 2.51. The van der Waals surface area contributed by atoms with Gasteiger partial charge in [-0.25, -0.2) is 0 Å². The van der Waals surface area contributed by atoms with Crippen molar-refractivity contribution >= 4 is 0 Å². The molecule has 3 saturated heterocycles. The maximum Gasteiger partial charge on any atom is 0.229 e. The van der Waals surface area contributed by atoms with Crippen molar-refractivity contribution in [3.8, 4) is 22.6 Å². The monoisotopic (exact) mass is 810 g/mol. The van der Waals surface area contributed by atoms with Gasteiger partial charge in [-0.1, -0.05) is 43.5 Å². The molecule has 0 spiro atoms. The number of aliphatic hydroxyl groups excluding tert-OH is 10. The minimum Gasteiger partial charge on any atom is -0.482 e. The summed E-state index contributed by atoms with van der Waals surface area (Å²) in [5.41, 5.74) is 3.58. The molecule has 4 heterocycles. The lowest BCUT2D eigenvalue weighted by atomic mass is 9.84. The third kappa shape index (κ3) is 8.99. The Bertz CT molecular complexity index is 1640. The molecule has 0 aliphatic carbocycles. The molecule has 15 atom stereocenters. The Hall–Kier alpha value is -2.56. The van der Waals surface area contributed by atoms with Gasteiger partial charge in [0, 0.05) is 12.2 Å². The van der Waals surface area contributed by atoms with Crippen molar-refractivity contribution in [2.75, 3.05) is 19.8 Å². The zero-order valence-electron chi connectivity index (χ0n) is 32.5. The van der Waals surface area contributed by atoms with Gasteiger partial charge in [-0.2, -0.15) is 0 Å². The Kier molecular flexibility index (Phi) is 14.2. The molecule has 0 unspecified atom stereocenters. The highest BCUT2D eigenvalue weighted by molar-refractivity contribution is 5.82. The van der Waals surface area contributed by atoms with Crippen LogP contribution in [0.2, 0.25) is 0 Å². The Morgan fingerprint density at radius 1 is 0.667 bits per heavy atom. The summed E-state index contributed by atoms with van der Waals surface area (Å²) in [6.45, 7) is 6.03. The number of aryl methyl sites for hydroxylation is 2. The lowest BCUT2D eigenvalue weighted by Crippen LogP contribution is -2.67. The zero-order chi connectivity index (χ0) is 41.3. The molecule has 0 aromatic heterocycles. The van der Waals surface area contributed by atoms with Crippen molar-refractivity contribution in [3.63, 3.8) is 0 Å². The summed E-state index contributed by atoms with van der Waals surface area (Å²) in [4.78, 5) is 0. The Labute approximate surface area is 330 Å². The fourth-order valence-electron chi connectivity index (χ4n) is 7.99. The van der Waals surface area contributed by atoms with Gasteiger partial charge < -0.3 is 84.2 Å². The second kappa shape index (κ2) is 18.4. The Morgan fingerprint density at radius 3 is 1.88 bits per heavy atom. The van der Waals surface area contributed by atoms with E-state index in [1.54, 1.807) is 0 Å². The van der Waals surface area contributed by atoms with Crippen LogP contribution < -0.4 is 9.47 Å². The molecule has 0 radical (unpaired) electrons. The van der Waals surface area contributed by atoms with Crippen molar-refractivity contribution in [2.24, 2.45) is 0 Å². The predicted octanol–water partition coefficient (Wildman–Crippen LogP) is -0.761. The lowest BCUT2D eigenvalue weighted by molar-refractivity contribution is -0.377. The van der Waals surface area contributed by atoms with Crippen molar-refractivity contribution in [1.82, 2.24) is 0 Å². The first-order valence-corrected chi connectivity index (χ1v) is 19.6. The molecular formula is C40H58O17. The van der Waals surface area contributed by atoms with E-state index in [0.29, 0.717) is 23.5 Å². The summed E-state index contributed by atoms with van der Waals surface area (Å²) in [5.74, 6) is 0.870. The van der Waals surface area contributed by atoms with E-state index >= 15 is 0 Å². The van der Waals surface area contributed by atoms with Gasteiger partial charge in [0.1, 0.15) is 84.2 Å². The largest absolute Gasteiger partial charge is 0.482 e. The number of fused-ring (bicyclic) bond motifs is 3. The highest BCUT2D eigenvalue weighted by atomic mass is 16.8. The molecule has 4 aliphatic heterocycles. The molecule has 2 aromatic carbocycles. The number of benzene rings is 2. The van der Waals surface area contributed by atoms with E-state index in [0.717, 1.165) is 41.5 Å². The van der Waals surface area contributed by atoms with Crippen LogP contribution >= 0.6 is 0 Å². The average molecular weight is 811 g/mol. The molecule has 2 aromatic rings. The molecule has 4 aliphatic rings. The highest BCUT2D eigenvalue weighted by Gasteiger charge is 2.54. The van der Waals surface area contributed by atoms with E-state index in [4.69, 9.17) is 33.2 Å². The molecule has 6 rings (SSSR count). The smallest absolute Gasteiger partial charge is 0.229 e. The normalized spacial score (nSPS) is 37.5. The minimum absolute atomic E-state index is 0.146. The standard InChI is InChI=1S/C40H58O17/c1-5-6-7-8-19-14-23(27-20-13-18(2)9-10-21(20)40(3,4)57-24(27)15-19)52-38-33(49)35(29(45)25(16-42)53-38)56-39-34(50)36(30(46)26(17-43)54-39)55-37-32(48)31(47)28(44)22(51-37)11-12-41/h9-10,13-15,22,25-26,28-39,41-50H,5-8,11-12,16-17H2,1-4H3/t22-,25-,26-,28-,29-,30-,31+,32-,33-,34-,35+,36+,37+,38-,39+/m1/s1. The molecule has 320 valence electrons. The van der Waals surface area contributed by atoms with Crippen LogP contribution in [-0.4, -0.2) is 163 Å². The van der Waals surface area contributed by atoms with E-state index in [-0.39, 0.29) is 6.42 Å². The van der Waals surface area contributed by atoms with Gasteiger partial charge >= 0.3 is 0 Å². The third-order valence-electron chi connectivity index (χ3n) is 11.2. The molecular weight excluding hydrogens is 752 g/mol. The molecule has 0 bridgehead atoms. The Morgan fingerprint density at radius 2 is 1.26 bits per heavy atom. The number of rotatable bonds is 14. The molecule has 3 fully saturated rings. The van der Waals surface area contributed by atoms with Gasteiger partial charge in [0.05, 0.1) is 24.9 Å². The van der Waals surface area contributed by atoms with Crippen LogP contribution in [0.25, 0.3) is 11.1 Å². The van der Waals surface area contributed by atoms with Crippen LogP contribution in [0, 0.1) is 6.92 Å². The number of hydrogen-bond donors (Lipinski definition) is 10. The summed E-state index contributed by atoms with van der Waals surface area (Å²) < 4.78 is 41.9. The lowest BCUT2D eigenvalue weighted by Gasteiger charge is -2.48. The van der Waals surface area contributed by atoms with Crippen molar-refractivity contribution < 1.29 is 84.2 Å². The van der Waals surface area contributed by atoms with Crippen LogP contribution in [-0.2, 0) is 35.7 Å². The van der Waals surface area contributed by atoms with Gasteiger partial charge in [0.15, 0.2) is 12.6 Å². The van der Waals surface area contributed by atoms with Crippen molar-refractivity contribution in [1.29, 1.82) is 0 Å². The SMILES string of the molecule is CCCCCc1cc(O[C@@H]2O[C@H](CO)[C@@H](O)[C@H](O[C@@H]3O[C@H](CO)[C@@H](O)[C@H](O[C@@H]4O[C@H](CCO)[C@@H](O)[C@H](O)[C@H]4O)[C@H]3O)[C@H]2O)c2c(c1)OC(C)(C)c1ccc(C)cc1-2.